The van der Waals surface area contributed by atoms with E-state index >= 15 is 0 Å². The van der Waals surface area contributed by atoms with Gasteiger partial charge in [-0.3, -0.25) is 4.79 Å². The molecule has 5 heteroatoms. The van der Waals surface area contributed by atoms with Gasteiger partial charge in [-0.1, -0.05) is 30.3 Å². The molecule has 21 heavy (non-hydrogen) atoms. The van der Waals surface area contributed by atoms with Crippen molar-refractivity contribution in [3.63, 3.8) is 0 Å². The fourth-order valence-corrected chi connectivity index (χ4v) is 2.07. The van der Waals surface area contributed by atoms with E-state index in [1.807, 2.05) is 54.1 Å². The van der Waals surface area contributed by atoms with Crippen LogP contribution in [0.15, 0.2) is 60.9 Å². The van der Waals surface area contributed by atoms with Crippen LogP contribution in [0.1, 0.15) is 10.4 Å². The minimum atomic E-state index is -0.134. The lowest BCUT2D eigenvalue weighted by molar-refractivity contribution is 0.102. The minimum absolute atomic E-state index is 0.134. The van der Waals surface area contributed by atoms with Gasteiger partial charge in [0.25, 0.3) is 5.91 Å². The largest absolute Gasteiger partial charge is 0.322 e. The first kappa shape index (κ1) is 13.1. The highest BCUT2D eigenvalue weighted by Crippen LogP contribution is 2.20. The van der Waals surface area contributed by atoms with Gasteiger partial charge in [0.1, 0.15) is 6.33 Å². The van der Waals surface area contributed by atoms with E-state index in [9.17, 15) is 4.79 Å². The first-order valence-electron chi connectivity index (χ1n) is 6.55. The average molecular weight is 278 g/mol. The van der Waals surface area contributed by atoms with Gasteiger partial charge in [0.15, 0.2) is 5.82 Å². The van der Waals surface area contributed by atoms with Crippen LogP contribution in [0, 0.1) is 0 Å². The first-order chi connectivity index (χ1) is 10.2. The molecule has 1 N–H and O–H groups in total. The Hall–Kier alpha value is -2.95. The van der Waals surface area contributed by atoms with Crippen molar-refractivity contribution in [1.29, 1.82) is 0 Å². The smallest absolute Gasteiger partial charge is 0.255 e. The number of nitrogens with zero attached hydrogens (tertiary/aromatic N) is 3. The zero-order valence-corrected chi connectivity index (χ0v) is 11.5. The van der Waals surface area contributed by atoms with Crippen molar-refractivity contribution in [3.8, 4) is 11.4 Å². The predicted molar refractivity (Wildman–Crippen MR) is 80.8 cm³/mol. The van der Waals surface area contributed by atoms with E-state index in [2.05, 4.69) is 15.5 Å². The van der Waals surface area contributed by atoms with E-state index in [1.54, 1.807) is 18.5 Å². The molecule has 0 radical (unpaired) electrons. The number of hydrogen-bond acceptors (Lipinski definition) is 3. The highest BCUT2D eigenvalue weighted by molar-refractivity contribution is 6.04. The maximum absolute atomic E-state index is 12.1. The molecule has 0 atom stereocenters. The summed E-state index contributed by atoms with van der Waals surface area (Å²) in [6.45, 7) is 0. The van der Waals surface area contributed by atoms with E-state index in [0.717, 1.165) is 17.1 Å². The summed E-state index contributed by atoms with van der Waals surface area (Å²) in [6, 6.07) is 16.7. The van der Waals surface area contributed by atoms with Crippen molar-refractivity contribution in [3.05, 3.63) is 66.5 Å². The number of rotatable bonds is 3. The maximum Gasteiger partial charge on any atom is 0.255 e. The molecule has 0 spiro atoms. The number of carbonyl (C=O) groups excluding carboxylic acids is 1. The molecule has 5 nitrogen and oxygen atoms in total. The second-order valence-corrected chi connectivity index (χ2v) is 4.67. The zero-order valence-electron chi connectivity index (χ0n) is 11.5. The quantitative estimate of drug-likeness (QED) is 0.801. The van der Waals surface area contributed by atoms with Crippen molar-refractivity contribution in [1.82, 2.24) is 14.8 Å². The molecule has 104 valence electrons. The number of aryl methyl sites for hydroxylation is 1. The Kier molecular flexibility index (Phi) is 3.47. The highest BCUT2D eigenvalue weighted by atomic mass is 16.1. The van der Waals surface area contributed by atoms with Gasteiger partial charge >= 0.3 is 0 Å². The van der Waals surface area contributed by atoms with Gasteiger partial charge in [-0.15, -0.1) is 10.2 Å². The molecular formula is C16H14N4O. The number of amides is 1. The molecule has 0 saturated heterocycles. The van der Waals surface area contributed by atoms with E-state index < -0.39 is 0 Å². The number of benzene rings is 2. The molecule has 2 aromatic carbocycles. The van der Waals surface area contributed by atoms with Crippen LogP contribution in [-0.2, 0) is 7.05 Å². The molecule has 0 unspecified atom stereocenters. The lowest BCUT2D eigenvalue weighted by Gasteiger charge is -2.07. The molecule has 1 aromatic heterocycles. The zero-order chi connectivity index (χ0) is 14.7. The van der Waals surface area contributed by atoms with Crippen molar-refractivity contribution in [2.45, 2.75) is 0 Å². The summed E-state index contributed by atoms with van der Waals surface area (Å²) in [6.07, 6.45) is 1.64. The third kappa shape index (κ3) is 2.81. The normalized spacial score (nSPS) is 10.3. The number of hydrogen-bond donors (Lipinski definition) is 1. The lowest BCUT2D eigenvalue weighted by atomic mass is 10.1. The number of anilines is 1. The van der Waals surface area contributed by atoms with Gasteiger partial charge in [-0.25, -0.2) is 0 Å². The van der Waals surface area contributed by atoms with Crippen molar-refractivity contribution in [2.24, 2.45) is 7.05 Å². The van der Waals surface area contributed by atoms with Gasteiger partial charge in [0, 0.05) is 23.9 Å². The molecule has 0 bridgehead atoms. The van der Waals surface area contributed by atoms with Crippen LogP contribution >= 0.6 is 0 Å². The topological polar surface area (TPSA) is 59.8 Å². The standard InChI is InChI=1S/C16H14N4O/c1-20-11-17-19-15(20)13-8-5-9-14(10-13)18-16(21)12-6-3-2-4-7-12/h2-11H,1H3,(H,18,21). The van der Waals surface area contributed by atoms with Crippen LogP contribution in [0.3, 0.4) is 0 Å². The van der Waals surface area contributed by atoms with Crippen molar-refractivity contribution >= 4 is 11.6 Å². The van der Waals surface area contributed by atoms with E-state index in [4.69, 9.17) is 0 Å². The highest BCUT2D eigenvalue weighted by Gasteiger charge is 2.08. The summed E-state index contributed by atoms with van der Waals surface area (Å²) in [5, 5.41) is 10.8. The third-order valence-corrected chi connectivity index (χ3v) is 3.13. The Morgan fingerprint density at radius 1 is 1.10 bits per heavy atom. The summed E-state index contributed by atoms with van der Waals surface area (Å²) in [7, 11) is 1.88. The van der Waals surface area contributed by atoms with Crippen molar-refractivity contribution < 1.29 is 4.79 Å². The first-order valence-corrected chi connectivity index (χ1v) is 6.55. The van der Waals surface area contributed by atoms with Gasteiger partial charge in [-0.05, 0) is 24.3 Å². The molecule has 0 saturated carbocycles. The average Bonchev–Trinajstić information content (AvgIpc) is 2.94. The molecule has 3 rings (SSSR count). The summed E-state index contributed by atoms with van der Waals surface area (Å²) < 4.78 is 1.83. The van der Waals surface area contributed by atoms with Crippen LogP contribution in [0.25, 0.3) is 11.4 Å². The van der Waals surface area contributed by atoms with Gasteiger partial charge in [0.2, 0.25) is 0 Å². The molecule has 0 aliphatic carbocycles. The second kappa shape index (κ2) is 5.58. The minimum Gasteiger partial charge on any atom is -0.322 e. The predicted octanol–water partition coefficient (Wildman–Crippen LogP) is 2.73. The molecule has 0 fully saturated rings. The summed E-state index contributed by atoms with van der Waals surface area (Å²) in [4.78, 5) is 12.1. The molecular weight excluding hydrogens is 264 g/mol. The number of aromatic nitrogens is 3. The summed E-state index contributed by atoms with van der Waals surface area (Å²) in [5.41, 5.74) is 2.26. The third-order valence-electron chi connectivity index (χ3n) is 3.13. The molecule has 1 amide bonds. The molecule has 0 aliphatic rings. The number of carbonyl (C=O) groups is 1. The molecule has 3 aromatic rings. The van der Waals surface area contributed by atoms with E-state index in [1.165, 1.54) is 0 Å². The van der Waals surface area contributed by atoms with Crippen molar-refractivity contribution in [2.75, 3.05) is 5.32 Å². The Bertz CT molecular complexity index is 765. The fourth-order valence-electron chi connectivity index (χ4n) is 2.07. The second-order valence-electron chi connectivity index (χ2n) is 4.67. The monoisotopic (exact) mass is 278 g/mol. The van der Waals surface area contributed by atoms with E-state index in [0.29, 0.717) is 5.56 Å². The fraction of sp³-hybridized carbons (Fsp3) is 0.0625. The molecule has 0 aliphatic heterocycles. The lowest BCUT2D eigenvalue weighted by Crippen LogP contribution is -2.11. The Balaban J connectivity index is 1.84. The van der Waals surface area contributed by atoms with Crippen LogP contribution < -0.4 is 5.32 Å². The van der Waals surface area contributed by atoms with Crippen LogP contribution in [-0.4, -0.2) is 20.7 Å². The van der Waals surface area contributed by atoms with E-state index in [-0.39, 0.29) is 5.91 Å². The summed E-state index contributed by atoms with van der Waals surface area (Å²) >= 11 is 0. The van der Waals surface area contributed by atoms with Crippen LogP contribution in [0.2, 0.25) is 0 Å². The SMILES string of the molecule is Cn1cnnc1-c1cccc(NC(=O)c2ccccc2)c1. The van der Waals surface area contributed by atoms with Crippen LogP contribution in [0.5, 0.6) is 0 Å². The van der Waals surface area contributed by atoms with Crippen LogP contribution in [0.4, 0.5) is 5.69 Å². The van der Waals surface area contributed by atoms with Gasteiger partial charge in [-0.2, -0.15) is 0 Å². The van der Waals surface area contributed by atoms with Gasteiger partial charge in [0.05, 0.1) is 0 Å². The molecule has 1 heterocycles. The van der Waals surface area contributed by atoms with Gasteiger partial charge < -0.3 is 9.88 Å². The Morgan fingerprint density at radius 3 is 2.62 bits per heavy atom. The number of nitrogens with one attached hydrogen (secondary N) is 1. The maximum atomic E-state index is 12.1. The Labute approximate surface area is 122 Å². The Morgan fingerprint density at radius 2 is 1.90 bits per heavy atom. The summed E-state index contributed by atoms with van der Waals surface area (Å²) in [5.74, 6) is 0.622.